The van der Waals surface area contributed by atoms with E-state index in [4.69, 9.17) is 4.42 Å². The highest BCUT2D eigenvalue weighted by molar-refractivity contribution is 7.16. The summed E-state index contributed by atoms with van der Waals surface area (Å²) in [4.78, 5) is 26.9. The third kappa shape index (κ3) is 3.15. The van der Waals surface area contributed by atoms with Crippen LogP contribution in [0.15, 0.2) is 40.6 Å². The van der Waals surface area contributed by atoms with Gasteiger partial charge < -0.3 is 14.2 Å². The van der Waals surface area contributed by atoms with E-state index in [1.165, 1.54) is 5.56 Å². The molecule has 0 unspecified atom stereocenters. The Labute approximate surface area is 172 Å². The predicted molar refractivity (Wildman–Crippen MR) is 116 cm³/mol. The van der Waals surface area contributed by atoms with Crippen LogP contribution in [-0.4, -0.2) is 47.0 Å². The SMILES string of the molecule is Cc1ccc2c(CC(=O)N3CCN(c4ncnc5sccc45)CC3)coc2c1C. The minimum absolute atomic E-state index is 0.147. The molecule has 29 heavy (non-hydrogen) atoms. The summed E-state index contributed by atoms with van der Waals surface area (Å²) in [6.07, 6.45) is 3.73. The molecule has 0 atom stereocenters. The van der Waals surface area contributed by atoms with E-state index >= 15 is 0 Å². The second-order valence-corrected chi connectivity index (χ2v) is 8.42. The fraction of sp³-hybridized carbons (Fsp3) is 0.318. The maximum absolute atomic E-state index is 12.9. The van der Waals surface area contributed by atoms with Crippen molar-refractivity contribution < 1.29 is 9.21 Å². The van der Waals surface area contributed by atoms with Crippen molar-refractivity contribution in [2.45, 2.75) is 20.3 Å². The minimum Gasteiger partial charge on any atom is -0.464 e. The van der Waals surface area contributed by atoms with Crippen molar-refractivity contribution in [1.29, 1.82) is 0 Å². The van der Waals surface area contributed by atoms with E-state index in [9.17, 15) is 4.79 Å². The van der Waals surface area contributed by atoms with Crippen molar-refractivity contribution in [1.82, 2.24) is 14.9 Å². The fourth-order valence-electron chi connectivity index (χ4n) is 4.00. The Bertz CT molecular complexity index is 1200. The molecule has 1 aromatic carbocycles. The minimum atomic E-state index is 0.147. The number of benzene rings is 1. The molecule has 4 aromatic rings. The van der Waals surface area contributed by atoms with E-state index < -0.39 is 0 Å². The molecule has 7 heteroatoms. The van der Waals surface area contributed by atoms with Gasteiger partial charge in [0.2, 0.25) is 5.91 Å². The van der Waals surface area contributed by atoms with Crippen molar-refractivity contribution in [2.75, 3.05) is 31.1 Å². The number of piperazine rings is 1. The van der Waals surface area contributed by atoms with Crippen molar-refractivity contribution in [3.05, 3.63) is 52.9 Å². The quantitative estimate of drug-likeness (QED) is 0.516. The van der Waals surface area contributed by atoms with Gasteiger partial charge in [-0.25, -0.2) is 9.97 Å². The summed E-state index contributed by atoms with van der Waals surface area (Å²) in [5.74, 6) is 1.11. The summed E-state index contributed by atoms with van der Waals surface area (Å²) in [7, 11) is 0. The summed E-state index contributed by atoms with van der Waals surface area (Å²) in [5, 5.41) is 4.18. The molecule has 1 aliphatic heterocycles. The second kappa shape index (κ2) is 7.15. The lowest BCUT2D eigenvalue weighted by molar-refractivity contribution is -0.130. The van der Waals surface area contributed by atoms with Gasteiger partial charge in [0.25, 0.3) is 0 Å². The number of amides is 1. The van der Waals surface area contributed by atoms with E-state index in [0.717, 1.165) is 51.2 Å². The number of carbonyl (C=O) groups excluding carboxylic acids is 1. The maximum atomic E-state index is 12.9. The van der Waals surface area contributed by atoms with Gasteiger partial charge in [0.15, 0.2) is 0 Å². The van der Waals surface area contributed by atoms with E-state index in [-0.39, 0.29) is 5.91 Å². The lowest BCUT2D eigenvalue weighted by Gasteiger charge is -2.35. The molecule has 0 aliphatic carbocycles. The summed E-state index contributed by atoms with van der Waals surface area (Å²) in [6, 6.07) is 6.22. The number of aryl methyl sites for hydroxylation is 2. The summed E-state index contributed by atoms with van der Waals surface area (Å²) < 4.78 is 5.76. The van der Waals surface area contributed by atoms with Crippen LogP contribution in [0.4, 0.5) is 5.82 Å². The standard InChI is InChI=1S/C22H22N4O2S/c1-14-3-4-17-16(12-28-20(17)15(14)2)11-19(27)25-6-8-26(9-7-25)21-18-5-10-29-22(18)24-13-23-21/h3-5,10,12-13H,6-9,11H2,1-2H3. The third-order valence-electron chi connectivity index (χ3n) is 5.86. The number of aromatic nitrogens is 2. The predicted octanol–water partition coefficient (Wildman–Crippen LogP) is 3.95. The van der Waals surface area contributed by atoms with E-state index in [1.807, 2.05) is 10.3 Å². The van der Waals surface area contributed by atoms with E-state index in [1.54, 1.807) is 23.9 Å². The Morgan fingerprint density at radius 2 is 1.93 bits per heavy atom. The van der Waals surface area contributed by atoms with Crippen LogP contribution in [0, 0.1) is 13.8 Å². The molecule has 148 valence electrons. The first-order valence-corrected chi connectivity index (χ1v) is 10.7. The third-order valence-corrected chi connectivity index (χ3v) is 6.68. The zero-order chi connectivity index (χ0) is 20.0. The fourth-order valence-corrected chi connectivity index (χ4v) is 4.72. The number of carbonyl (C=O) groups is 1. The molecule has 5 rings (SSSR count). The van der Waals surface area contributed by atoms with Gasteiger partial charge >= 0.3 is 0 Å². The summed E-state index contributed by atoms with van der Waals surface area (Å²) in [5.41, 5.74) is 4.19. The smallest absolute Gasteiger partial charge is 0.227 e. The Morgan fingerprint density at radius 3 is 2.76 bits per heavy atom. The molecular formula is C22H22N4O2S. The number of furan rings is 1. The van der Waals surface area contributed by atoms with Gasteiger partial charge in [-0.2, -0.15) is 0 Å². The molecule has 3 aromatic heterocycles. The second-order valence-electron chi connectivity index (χ2n) is 7.53. The van der Waals surface area contributed by atoms with Crippen LogP contribution >= 0.6 is 11.3 Å². The number of fused-ring (bicyclic) bond motifs is 2. The number of hydrogen-bond donors (Lipinski definition) is 0. The average molecular weight is 407 g/mol. The Kier molecular flexibility index (Phi) is 4.47. The van der Waals surface area contributed by atoms with Crippen molar-refractivity contribution in [3.63, 3.8) is 0 Å². The van der Waals surface area contributed by atoms with Gasteiger partial charge in [0, 0.05) is 37.1 Å². The lowest BCUT2D eigenvalue weighted by Crippen LogP contribution is -2.49. The van der Waals surface area contributed by atoms with Crippen LogP contribution in [-0.2, 0) is 11.2 Å². The highest BCUT2D eigenvalue weighted by Gasteiger charge is 2.24. The number of thiophene rings is 1. The molecule has 1 fully saturated rings. The summed E-state index contributed by atoms with van der Waals surface area (Å²) >= 11 is 1.62. The van der Waals surface area contributed by atoms with Crippen molar-refractivity contribution in [3.8, 4) is 0 Å². The summed E-state index contributed by atoms with van der Waals surface area (Å²) in [6.45, 7) is 7.08. The molecule has 6 nitrogen and oxygen atoms in total. The van der Waals surface area contributed by atoms with Gasteiger partial charge in [-0.1, -0.05) is 12.1 Å². The van der Waals surface area contributed by atoms with Crippen molar-refractivity contribution >= 4 is 44.2 Å². The highest BCUT2D eigenvalue weighted by Crippen LogP contribution is 2.29. The molecular weight excluding hydrogens is 384 g/mol. The van der Waals surface area contributed by atoms with Crippen LogP contribution in [0.5, 0.6) is 0 Å². The highest BCUT2D eigenvalue weighted by atomic mass is 32.1. The van der Waals surface area contributed by atoms with Gasteiger partial charge in [-0.05, 0) is 36.4 Å². The average Bonchev–Trinajstić information content (AvgIpc) is 3.38. The van der Waals surface area contributed by atoms with Gasteiger partial charge in [-0.15, -0.1) is 11.3 Å². The van der Waals surface area contributed by atoms with Gasteiger partial charge in [0.05, 0.1) is 18.1 Å². The molecule has 0 spiro atoms. The van der Waals surface area contributed by atoms with Crippen molar-refractivity contribution in [2.24, 2.45) is 0 Å². The van der Waals surface area contributed by atoms with Crippen LogP contribution < -0.4 is 4.90 Å². The van der Waals surface area contributed by atoms with Crippen LogP contribution in [0.1, 0.15) is 16.7 Å². The molecule has 1 saturated heterocycles. The largest absolute Gasteiger partial charge is 0.464 e. The zero-order valence-electron chi connectivity index (χ0n) is 16.5. The maximum Gasteiger partial charge on any atom is 0.227 e. The van der Waals surface area contributed by atoms with Crippen LogP contribution in [0.2, 0.25) is 0 Å². The molecule has 4 heterocycles. The monoisotopic (exact) mass is 406 g/mol. The molecule has 0 saturated carbocycles. The van der Waals surface area contributed by atoms with E-state index in [0.29, 0.717) is 19.5 Å². The first-order chi connectivity index (χ1) is 14.1. The van der Waals surface area contributed by atoms with Gasteiger partial charge in [-0.3, -0.25) is 4.79 Å². The number of rotatable bonds is 3. The zero-order valence-corrected chi connectivity index (χ0v) is 17.3. The molecule has 1 amide bonds. The normalized spacial score (nSPS) is 14.8. The Morgan fingerprint density at radius 1 is 1.10 bits per heavy atom. The van der Waals surface area contributed by atoms with E-state index in [2.05, 4.69) is 46.9 Å². The topological polar surface area (TPSA) is 62.5 Å². The Hall–Kier alpha value is -2.93. The first kappa shape index (κ1) is 18.1. The molecule has 0 N–H and O–H groups in total. The van der Waals surface area contributed by atoms with Crippen LogP contribution in [0.25, 0.3) is 21.2 Å². The lowest BCUT2D eigenvalue weighted by atomic mass is 10.0. The molecule has 1 aliphatic rings. The number of hydrogen-bond acceptors (Lipinski definition) is 6. The molecule has 0 radical (unpaired) electrons. The number of nitrogens with zero attached hydrogens (tertiary/aromatic N) is 4. The van der Waals surface area contributed by atoms with Gasteiger partial charge in [0.1, 0.15) is 22.6 Å². The van der Waals surface area contributed by atoms with Crippen LogP contribution in [0.3, 0.4) is 0 Å². The first-order valence-electron chi connectivity index (χ1n) is 9.79. The molecule has 0 bridgehead atoms. The number of anilines is 1. The Balaban J connectivity index is 1.28.